The predicted octanol–water partition coefficient (Wildman–Crippen LogP) is 2.28. The number of amides is 1. The number of hydrogen-bond donors (Lipinski definition) is 2. The van der Waals surface area contributed by atoms with Crippen molar-refractivity contribution in [2.24, 2.45) is 4.99 Å². The second kappa shape index (κ2) is 7.58. The number of nitrogens with zero attached hydrogens (tertiary/aromatic N) is 2. The number of amidine groups is 1. The summed E-state index contributed by atoms with van der Waals surface area (Å²) >= 11 is 0. The highest BCUT2D eigenvalue weighted by molar-refractivity contribution is 6.33. The van der Waals surface area contributed by atoms with Crippen LogP contribution in [0, 0.1) is 0 Å². The average Bonchev–Trinajstić information content (AvgIpc) is 3.15. The Balaban J connectivity index is 1.75. The molecule has 2 N–H and O–H groups in total. The lowest BCUT2D eigenvalue weighted by Crippen LogP contribution is -2.40. The summed E-state index contributed by atoms with van der Waals surface area (Å²) in [6.45, 7) is 2.63. The molecular weight excluding hydrogens is 319 g/mol. The molecule has 1 aliphatic carbocycles. The topological polar surface area (TPSA) is 82.4 Å². The molecule has 3 rings (SSSR count). The van der Waals surface area contributed by atoms with Gasteiger partial charge in [0, 0.05) is 6.42 Å². The van der Waals surface area contributed by atoms with Crippen LogP contribution in [0.15, 0.2) is 29.3 Å². The molecule has 1 saturated carbocycles. The molecule has 1 aliphatic heterocycles. The molecule has 1 heterocycles. The molecule has 1 spiro atoms. The fourth-order valence-electron chi connectivity index (χ4n) is 3.68. The van der Waals surface area contributed by atoms with Crippen LogP contribution in [0.4, 0.5) is 0 Å². The van der Waals surface area contributed by atoms with Crippen molar-refractivity contribution in [3.05, 3.63) is 29.8 Å². The van der Waals surface area contributed by atoms with Crippen molar-refractivity contribution in [2.75, 3.05) is 0 Å². The maximum absolute atomic E-state index is 13.0. The van der Waals surface area contributed by atoms with Gasteiger partial charge in [-0.25, -0.2) is 0 Å². The SMILES string of the molecule is CCCCC1=NC2(CCCC2)C(=O)N1Cc1ccc(OB(O)O)cc1. The summed E-state index contributed by atoms with van der Waals surface area (Å²) in [7, 11) is -1.83. The van der Waals surface area contributed by atoms with Crippen LogP contribution >= 0.6 is 0 Å². The Morgan fingerprint density at radius 2 is 1.92 bits per heavy atom. The molecule has 0 bridgehead atoms. The average molecular weight is 344 g/mol. The van der Waals surface area contributed by atoms with Crippen molar-refractivity contribution in [1.29, 1.82) is 0 Å². The van der Waals surface area contributed by atoms with Gasteiger partial charge in [-0.1, -0.05) is 38.3 Å². The van der Waals surface area contributed by atoms with Crippen molar-refractivity contribution in [3.63, 3.8) is 0 Å². The highest BCUT2D eigenvalue weighted by Gasteiger charge is 2.49. The van der Waals surface area contributed by atoms with E-state index >= 15 is 0 Å². The maximum atomic E-state index is 13.0. The van der Waals surface area contributed by atoms with Crippen LogP contribution in [0.1, 0.15) is 57.4 Å². The molecule has 0 unspecified atom stereocenters. The van der Waals surface area contributed by atoms with Gasteiger partial charge in [0.15, 0.2) is 0 Å². The van der Waals surface area contributed by atoms with E-state index in [4.69, 9.17) is 19.7 Å². The number of rotatable bonds is 7. The first-order valence-corrected chi connectivity index (χ1v) is 9.06. The predicted molar refractivity (Wildman–Crippen MR) is 96.0 cm³/mol. The Hall–Kier alpha value is -1.86. The lowest BCUT2D eigenvalue weighted by Gasteiger charge is -2.22. The minimum atomic E-state index is -1.83. The van der Waals surface area contributed by atoms with Gasteiger partial charge in [-0.15, -0.1) is 0 Å². The Bertz CT molecular complexity index is 639. The Kier molecular flexibility index (Phi) is 5.44. The third-order valence-corrected chi connectivity index (χ3v) is 4.99. The van der Waals surface area contributed by atoms with Gasteiger partial charge in [0.1, 0.15) is 17.1 Å². The molecule has 0 saturated heterocycles. The molecule has 1 fully saturated rings. The van der Waals surface area contributed by atoms with E-state index in [1.165, 1.54) is 0 Å². The van der Waals surface area contributed by atoms with Crippen LogP contribution in [-0.2, 0) is 11.3 Å². The lowest BCUT2D eigenvalue weighted by atomic mass is 9.98. The van der Waals surface area contributed by atoms with Crippen LogP contribution in [-0.4, -0.2) is 39.6 Å². The normalized spacial score (nSPS) is 18.8. The van der Waals surface area contributed by atoms with Gasteiger partial charge in [-0.2, -0.15) is 0 Å². The van der Waals surface area contributed by atoms with Crippen LogP contribution in [0.3, 0.4) is 0 Å². The summed E-state index contributed by atoms with van der Waals surface area (Å²) in [4.78, 5) is 19.8. The van der Waals surface area contributed by atoms with Crippen molar-refractivity contribution in [2.45, 2.75) is 64.0 Å². The largest absolute Gasteiger partial charge is 0.707 e. The van der Waals surface area contributed by atoms with E-state index in [2.05, 4.69) is 6.92 Å². The molecule has 0 aromatic heterocycles. The number of benzene rings is 1. The lowest BCUT2D eigenvalue weighted by molar-refractivity contribution is -0.131. The highest BCUT2D eigenvalue weighted by atomic mass is 16.6. The number of aliphatic imine (C=N–C) groups is 1. The monoisotopic (exact) mass is 344 g/mol. The van der Waals surface area contributed by atoms with Gasteiger partial charge < -0.3 is 14.7 Å². The van der Waals surface area contributed by atoms with Gasteiger partial charge in [-0.05, 0) is 37.0 Å². The van der Waals surface area contributed by atoms with E-state index in [0.717, 1.165) is 56.3 Å². The summed E-state index contributed by atoms with van der Waals surface area (Å²) < 4.78 is 4.82. The number of hydrogen-bond acceptors (Lipinski definition) is 5. The fourth-order valence-corrected chi connectivity index (χ4v) is 3.68. The zero-order valence-corrected chi connectivity index (χ0v) is 14.6. The molecule has 1 aromatic carbocycles. The molecular formula is C18H25BN2O4. The minimum absolute atomic E-state index is 0.141. The number of unbranched alkanes of at least 4 members (excludes halogenated alkanes) is 1. The summed E-state index contributed by atoms with van der Waals surface area (Å²) in [5.74, 6) is 1.43. The molecule has 1 aromatic rings. The van der Waals surface area contributed by atoms with E-state index in [0.29, 0.717) is 12.3 Å². The van der Waals surface area contributed by atoms with Crippen LogP contribution < -0.4 is 4.65 Å². The number of carbonyl (C=O) groups is 1. The highest BCUT2D eigenvalue weighted by Crippen LogP contribution is 2.40. The fraction of sp³-hybridized carbons (Fsp3) is 0.556. The zero-order chi connectivity index (χ0) is 17.9. The van der Waals surface area contributed by atoms with Gasteiger partial charge in [-0.3, -0.25) is 14.7 Å². The smallest absolute Gasteiger partial charge is 0.512 e. The minimum Gasteiger partial charge on any atom is -0.512 e. The summed E-state index contributed by atoms with van der Waals surface area (Å²) in [5.41, 5.74) is 0.458. The molecule has 6 nitrogen and oxygen atoms in total. The third kappa shape index (κ3) is 3.88. The van der Waals surface area contributed by atoms with Crippen LogP contribution in [0.25, 0.3) is 0 Å². The second-order valence-electron chi connectivity index (χ2n) is 6.85. The van der Waals surface area contributed by atoms with E-state index in [-0.39, 0.29) is 5.91 Å². The summed E-state index contributed by atoms with van der Waals surface area (Å²) in [5, 5.41) is 17.7. The zero-order valence-electron chi connectivity index (χ0n) is 14.6. The molecule has 25 heavy (non-hydrogen) atoms. The van der Waals surface area contributed by atoms with E-state index < -0.39 is 12.9 Å². The van der Waals surface area contributed by atoms with Crippen LogP contribution in [0.2, 0.25) is 0 Å². The standard InChI is InChI=1S/C18H25BN2O4/c1-2-3-6-16-20-18(11-4-5-12-18)17(22)21(16)13-14-7-9-15(10-8-14)25-19(23)24/h7-10,23-24H,2-6,11-13H2,1H3. The van der Waals surface area contributed by atoms with Crippen molar-refractivity contribution < 1.29 is 19.5 Å². The van der Waals surface area contributed by atoms with Crippen LogP contribution in [0.5, 0.6) is 5.75 Å². The van der Waals surface area contributed by atoms with Crippen molar-refractivity contribution in [1.82, 2.24) is 4.90 Å². The molecule has 134 valence electrons. The quantitative estimate of drug-likeness (QED) is 0.744. The molecule has 7 heteroatoms. The molecule has 1 amide bonds. The first-order valence-electron chi connectivity index (χ1n) is 9.06. The molecule has 0 atom stereocenters. The molecule has 2 aliphatic rings. The van der Waals surface area contributed by atoms with E-state index in [1.807, 2.05) is 17.0 Å². The second-order valence-corrected chi connectivity index (χ2v) is 6.85. The summed E-state index contributed by atoms with van der Waals surface area (Å²) in [6.07, 6.45) is 6.79. The van der Waals surface area contributed by atoms with Gasteiger partial charge >= 0.3 is 7.32 Å². The number of carbonyl (C=O) groups excluding carboxylic acids is 1. The van der Waals surface area contributed by atoms with Gasteiger partial charge in [0.2, 0.25) is 0 Å². The summed E-state index contributed by atoms with van der Waals surface area (Å²) in [6, 6.07) is 7.01. The van der Waals surface area contributed by atoms with Crippen molar-refractivity contribution >= 4 is 19.1 Å². The molecule has 0 radical (unpaired) electrons. The first-order chi connectivity index (χ1) is 12.0. The third-order valence-electron chi connectivity index (χ3n) is 4.99. The van der Waals surface area contributed by atoms with Crippen molar-refractivity contribution in [3.8, 4) is 5.75 Å². The Labute approximate surface area is 148 Å². The Morgan fingerprint density at radius 1 is 1.24 bits per heavy atom. The Morgan fingerprint density at radius 3 is 2.52 bits per heavy atom. The van der Waals surface area contributed by atoms with E-state index in [1.54, 1.807) is 12.1 Å². The van der Waals surface area contributed by atoms with E-state index in [9.17, 15) is 4.79 Å². The van der Waals surface area contributed by atoms with Gasteiger partial charge in [0.25, 0.3) is 5.91 Å². The first kappa shape index (κ1) is 18.0. The maximum Gasteiger partial charge on any atom is 0.707 e. The van der Waals surface area contributed by atoms with Gasteiger partial charge in [0.05, 0.1) is 6.54 Å².